The molecular formula is C37H59N7O7S. The number of ketones is 1. The maximum Gasteiger partial charge on any atom is 0.315 e. The van der Waals surface area contributed by atoms with Crippen molar-refractivity contribution < 1.29 is 32.4 Å². The van der Waals surface area contributed by atoms with Crippen LogP contribution < -0.4 is 21.3 Å². The molecule has 4 fully saturated rings. The van der Waals surface area contributed by atoms with Gasteiger partial charge in [-0.05, 0) is 54.3 Å². The zero-order valence-corrected chi connectivity index (χ0v) is 32.5. The Bertz CT molecular complexity index is 1530. The molecule has 0 bridgehead atoms. The average Bonchev–Trinajstić information content (AvgIpc) is 3.38. The zero-order chi connectivity index (χ0) is 38.6. The van der Waals surface area contributed by atoms with E-state index in [2.05, 4.69) is 33.8 Å². The first-order chi connectivity index (χ1) is 24.4. The number of piperidine rings is 1. The summed E-state index contributed by atoms with van der Waals surface area (Å²) in [4.78, 5) is 69.8. The van der Waals surface area contributed by atoms with Gasteiger partial charge in [-0.15, -0.1) is 18.9 Å². The Kier molecular flexibility index (Phi) is 13.2. The van der Waals surface area contributed by atoms with Gasteiger partial charge < -0.3 is 26.2 Å². The quantitative estimate of drug-likeness (QED) is 0.119. The van der Waals surface area contributed by atoms with Crippen molar-refractivity contribution in [3.63, 3.8) is 0 Å². The predicted molar refractivity (Wildman–Crippen MR) is 197 cm³/mol. The van der Waals surface area contributed by atoms with Gasteiger partial charge in [-0.2, -0.15) is 17.0 Å². The summed E-state index contributed by atoms with van der Waals surface area (Å²) in [5.41, 5.74) is -0.749. The van der Waals surface area contributed by atoms with Crippen molar-refractivity contribution in [2.75, 3.05) is 39.8 Å². The molecule has 15 heteroatoms. The first-order valence-corrected chi connectivity index (χ1v) is 20.0. The number of fused-ring (bicyclic) bond motifs is 1. The minimum absolute atomic E-state index is 0.0404. The van der Waals surface area contributed by atoms with Crippen molar-refractivity contribution in [1.29, 1.82) is 0 Å². The zero-order valence-electron chi connectivity index (χ0n) is 31.7. The Morgan fingerprint density at radius 1 is 1.02 bits per heavy atom. The number of urea groups is 1. The highest BCUT2D eigenvalue weighted by Gasteiger charge is 2.69. The van der Waals surface area contributed by atoms with Crippen LogP contribution in [0.15, 0.2) is 12.7 Å². The average molecular weight is 746 g/mol. The molecule has 5 amide bonds. The van der Waals surface area contributed by atoms with Crippen LogP contribution in [0.2, 0.25) is 0 Å². The van der Waals surface area contributed by atoms with Gasteiger partial charge in [0, 0.05) is 52.2 Å². The molecule has 6 atom stereocenters. The van der Waals surface area contributed by atoms with Crippen LogP contribution in [-0.4, -0.2) is 115 Å². The van der Waals surface area contributed by atoms with E-state index < -0.39 is 63.4 Å². The van der Waals surface area contributed by atoms with E-state index in [1.165, 1.54) is 14.7 Å². The Morgan fingerprint density at radius 3 is 2.31 bits per heavy atom. The van der Waals surface area contributed by atoms with Crippen molar-refractivity contribution in [3.05, 3.63) is 12.7 Å². The lowest BCUT2D eigenvalue weighted by Gasteiger charge is -2.40. The van der Waals surface area contributed by atoms with Gasteiger partial charge in [0.25, 0.3) is 16.1 Å². The van der Waals surface area contributed by atoms with Crippen molar-refractivity contribution in [2.45, 2.75) is 110 Å². The van der Waals surface area contributed by atoms with E-state index in [4.69, 9.17) is 6.42 Å². The Hall–Kier alpha value is -3.48. The number of carbonyl (C=O) groups excluding carboxylic acids is 5. The molecule has 2 aliphatic heterocycles. The van der Waals surface area contributed by atoms with Gasteiger partial charge in [-0.25, -0.2) is 4.79 Å². The lowest BCUT2D eigenvalue weighted by Crippen LogP contribution is -2.62. The number of rotatable bonds is 14. The van der Waals surface area contributed by atoms with Crippen LogP contribution in [0.5, 0.6) is 0 Å². The number of amides is 5. The number of hydrogen-bond donors (Lipinski definition) is 4. The smallest absolute Gasteiger partial charge is 0.315 e. The van der Waals surface area contributed by atoms with Crippen molar-refractivity contribution >= 4 is 39.7 Å². The minimum atomic E-state index is -3.67. The monoisotopic (exact) mass is 745 g/mol. The molecule has 0 radical (unpaired) electrons. The van der Waals surface area contributed by atoms with E-state index in [-0.39, 0.29) is 55.0 Å². The highest BCUT2D eigenvalue weighted by Crippen LogP contribution is 2.65. The summed E-state index contributed by atoms with van der Waals surface area (Å²) in [6.07, 6.45) is 12.0. The van der Waals surface area contributed by atoms with Crippen molar-refractivity contribution in [3.8, 4) is 12.3 Å². The number of nitrogens with one attached hydrogen (secondary N) is 4. The third kappa shape index (κ3) is 9.17. The van der Waals surface area contributed by atoms with Gasteiger partial charge in [-0.1, -0.05) is 60.0 Å². The molecule has 4 aliphatic rings. The topological polar surface area (TPSA) is 177 Å². The third-order valence-electron chi connectivity index (χ3n) is 11.6. The fraction of sp³-hybridized carbons (Fsp3) is 0.757. The van der Waals surface area contributed by atoms with Crippen LogP contribution in [0.25, 0.3) is 0 Å². The van der Waals surface area contributed by atoms with Crippen molar-refractivity contribution in [1.82, 2.24) is 34.8 Å². The Labute approximate surface area is 309 Å². The SMILES string of the molecule is C#CCCC(NC(=O)[C@@H]1[C@@H]2[C@H](CN1C(=O)[C@@H](NC(=O)N[C@H](CN1CCCN(C)S1(=O)=O)C(C)(C)C)C1CCCCC1)C2(C)C)C(=O)C(=O)NCC=C. The van der Waals surface area contributed by atoms with E-state index in [0.717, 1.165) is 32.1 Å². The second-order valence-electron chi connectivity index (χ2n) is 16.5. The number of nitrogens with zero attached hydrogens (tertiary/aromatic N) is 3. The summed E-state index contributed by atoms with van der Waals surface area (Å²) in [6, 6.07) is -4.17. The Morgan fingerprint density at radius 2 is 1.69 bits per heavy atom. The molecule has 4 rings (SSSR count). The molecule has 2 saturated heterocycles. The summed E-state index contributed by atoms with van der Waals surface area (Å²) in [5.74, 6) is -0.437. The van der Waals surface area contributed by atoms with Gasteiger partial charge in [-0.3, -0.25) is 19.2 Å². The number of likely N-dealkylation sites (tertiary alicyclic amines) is 1. The molecule has 0 aromatic rings. The fourth-order valence-electron chi connectivity index (χ4n) is 8.17. The van der Waals surface area contributed by atoms with Crippen LogP contribution in [-0.2, 0) is 29.4 Å². The number of terminal acetylenes is 1. The molecule has 0 spiro atoms. The number of carbonyl (C=O) groups is 5. The van der Waals surface area contributed by atoms with Gasteiger partial charge >= 0.3 is 6.03 Å². The first-order valence-electron chi connectivity index (χ1n) is 18.6. The molecule has 14 nitrogen and oxygen atoms in total. The van der Waals surface area contributed by atoms with Crippen LogP contribution in [0.3, 0.4) is 0 Å². The van der Waals surface area contributed by atoms with Crippen LogP contribution in [0, 0.1) is 40.9 Å². The fourth-order valence-corrected chi connectivity index (χ4v) is 9.62. The largest absolute Gasteiger partial charge is 0.346 e. The normalized spacial score (nSPS) is 26.1. The first kappa shape index (κ1) is 41.3. The summed E-state index contributed by atoms with van der Waals surface area (Å²) in [7, 11) is -2.13. The molecule has 290 valence electrons. The van der Waals surface area contributed by atoms with Gasteiger partial charge in [0.1, 0.15) is 12.1 Å². The molecule has 0 aromatic heterocycles. The maximum atomic E-state index is 14.7. The molecule has 2 aliphatic carbocycles. The van der Waals surface area contributed by atoms with Gasteiger partial charge in [0.2, 0.25) is 17.6 Å². The molecule has 2 heterocycles. The highest BCUT2D eigenvalue weighted by atomic mass is 32.2. The molecular weight excluding hydrogens is 687 g/mol. The summed E-state index contributed by atoms with van der Waals surface area (Å²) >= 11 is 0. The van der Waals surface area contributed by atoms with Crippen LogP contribution >= 0.6 is 0 Å². The van der Waals surface area contributed by atoms with E-state index in [0.29, 0.717) is 26.1 Å². The van der Waals surface area contributed by atoms with Gasteiger partial charge in [0.15, 0.2) is 0 Å². The van der Waals surface area contributed by atoms with E-state index in [1.807, 2.05) is 34.6 Å². The van der Waals surface area contributed by atoms with E-state index >= 15 is 0 Å². The summed E-state index contributed by atoms with van der Waals surface area (Å²) < 4.78 is 28.8. The van der Waals surface area contributed by atoms with Crippen LogP contribution in [0.1, 0.15) is 86.0 Å². The lowest BCUT2D eigenvalue weighted by atomic mass is 9.83. The lowest BCUT2D eigenvalue weighted by molar-refractivity contribution is -0.144. The Balaban J connectivity index is 1.56. The molecule has 52 heavy (non-hydrogen) atoms. The number of hydrogen-bond acceptors (Lipinski definition) is 7. The molecule has 1 unspecified atom stereocenters. The predicted octanol–water partition coefficient (Wildman–Crippen LogP) is 1.78. The molecule has 0 aromatic carbocycles. The molecule has 4 N–H and O–H groups in total. The molecule has 2 saturated carbocycles. The summed E-state index contributed by atoms with van der Waals surface area (Å²) in [5, 5.41) is 11.2. The summed E-state index contributed by atoms with van der Waals surface area (Å²) in [6.45, 7) is 14.7. The minimum Gasteiger partial charge on any atom is -0.346 e. The maximum absolute atomic E-state index is 14.7. The third-order valence-corrected chi connectivity index (χ3v) is 13.6. The van der Waals surface area contributed by atoms with Gasteiger partial charge in [0.05, 0.1) is 6.04 Å². The number of Topliss-reactive ketones (excluding diaryl/α,β-unsaturated/α-hetero) is 1. The van der Waals surface area contributed by atoms with Crippen molar-refractivity contribution in [2.24, 2.45) is 28.6 Å². The van der Waals surface area contributed by atoms with E-state index in [9.17, 15) is 32.4 Å². The van der Waals surface area contributed by atoms with E-state index in [1.54, 1.807) is 11.9 Å². The second-order valence-corrected chi connectivity index (χ2v) is 18.5. The van der Waals surface area contributed by atoms with Crippen LogP contribution in [0.4, 0.5) is 4.79 Å². The second kappa shape index (κ2) is 16.7. The highest BCUT2D eigenvalue weighted by molar-refractivity contribution is 7.86. The standard InChI is InChI=1S/C37H59N7O7S/c1-9-11-18-26(31(45)33(47)38-19-10-2)39-32(46)30-28-25(37(28,6)7)22-44(30)34(48)29(24-16-13-12-14-17-24)41-35(49)40-27(36(3,4)5)23-43-21-15-20-42(8)52(43,50)51/h1,10,24-30H,2,11-23H2,3-8H3,(H,38,47)(H,39,46)(H2,40,41,49)/t25-,26?,27+,28-,29-,30-/m0/s1.